The SMILES string of the molecule is Cc1cc(Br)cc(C)c1NCc1ccc(Br)cc1F. The summed E-state index contributed by atoms with van der Waals surface area (Å²) in [5.41, 5.74) is 4.00. The first-order valence-electron chi connectivity index (χ1n) is 5.92. The maximum atomic E-state index is 13.7. The summed E-state index contributed by atoms with van der Waals surface area (Å²) in [5.74, 6) is -0.200. The summed E-state index contributed by atoms with van der Waals surface area (Å²) in [4.78, 5) is 0. The average Bonchev–Trinajstić information content (AvgIpc) is 2.30. The predicted molar refractivity (Wildman–Crippen MR) is 85.0 cm³/mol. The van der Waals surface area contributed by atoms with Gasteiger partial charge in [-0.2, -0.15) is 0 Å². The van der Waals surface area contributed by atoms with Gasteiger partial charge in [0.2, 0.25) is 0 Å². The highest BCUT2D eigenvalue weighted by molar-refractivity contribution is 9.10. The molecule has 0 aromatic heterocycles. The van der Waals surface area contributed by atoms with Crippen molar-refractivity contribution in [3.05, 3.63) is 61.8 Å². The Balaban J connectivity index is 2.19. The van der Waals surface area contributed by atoms with Gasteiger partial charge in [-0.3, -0.25) is 0 Å². The molecule has 0 atom stereocenters. The van der Waals surface area contributed by atoms with Crippen LogP contribution < -0.4 is 5.32 Å². The Morgan fingerprint density at radius 2 is 1.63 bits per heavy atom. The molecule has 19 heavy (non-hydrogen) atoms. The van der Waals surface area contributed by atoms with E-state index in [1.165, 1.54) is 6.07 Å². The zero-order chi connectivity index (χ0) is 14.0. The largest absolute Gasteiger partial charge is 0.380 e. The van der Waals surface area contributed by atoms with Crippen LogP contribution in [0, 0.1) is 19.7 Å². The lowest BCUT2D eigenvalue weighted by Crippen LogP contribution is -2.04. The first-order valence-corrected chi connectivity index (χ1v) is 7.50. The fourth-order valence-corrected chi connectivity index (χ4v) is 3.06. The van der Waals surface area contributed by atoms with Crippen molar-refractivity contribution in [2.75, 3.05) is 5.32 Å². The van der Waals surface area contributed by atoms with E-state index in [2.05, 4.69) is 37.2 Å². The smallest absolute Gasteiger partial charge is 0.129 e. The second kappa shape index (κ2) is 6.06. The van der Waals surface area contributed by atoms with Gasteiger partial charge in [-0.15, -0.1) is 0 Å². The van der Waals surface area contributed by atoms with Crippen LogP contribution in [0.5, 0.6) is 0 Å². The van der Waals surface area contributed by atoms with E-state index in [0.717, 1.165) is 25.8 Å². The number of nitrogens with one attached hydrogen (secondary N) is 1. The van der Waals surface area contributed by atoms with E-state index in [9.17, 15) is 4.39 Å². The van der Waals surface area contributed by atoms with Gasteiger partial charge in [0, 0.05) is 26.7 Å². The third kappa shape index (κ3) is 3.57. The van der Waals surface area contributed by atoms with Crippen molar-refractivity contribution < 1.29 is 4.39 Å². The van der Waals surface area contributed by atoms with Crippen LogP contribution in [-0.2, 0) is 6.54 Å². The average molecular weight is 387 g/mol. The number of rotatable bonds is 3. The van der Waals surface area contributed by atoms with E-state index in [4.69, 9.17) is 0 Å². The lowest BCUT2D eigenvalue weighted by molar-refractivity contribution is 0.612. The summed E-state index contributed by atoms with van der Waals surface area (Å²) < 4.78 is 15.6. The highest BCUT2D eigenvalue weighted by Crippen LogP contribution is 2.26. The number of hydrogen-bond acceptors (Lipinski definition) is 1. The Morgan fingerprint density at radius 1 is 1.00 bits per heavy atom. The fraction of sp³-hybridized carbons (Fsp3) is 0.200. The third-order valence-corrected chi connectivity index (χ3v) is 3.92. The second-order valence-corrected chi connectivity index (χ2v) is 6.34. The molecule has 0 unspecified atom stereocenters. The van der Waals surface area contributed by atoms with Gasteiger partial charge >= 0.3 is 0 Å². The summed E-state index contributed by atoms with van der Waals surface area (Å²) in [6.07, 6.45) is 0. The van der Waals surface area contributed by atoms with E-state index in [1.54, 1.807) is 6.07 Å². The molecule has 2 aromatic rings. The van der Waals surface area contributed by atoms with Crippen LogP contribution >= 0.6 is 31.9 Å². The maximum Gasteiger partial charge on any atom is 0.129 e. The zero-order valence-corrected chi connectivity index (χ0v) is 13.9. The van der Waals surface area contributed by atoms with Crippen molar-refractivity contribution in [1.29, 1.82) is 0 Å². The molecule has 1 N–H and O–H groups in total. The molecular weight excluding hydrogens is 373 g/mol. The van der Waals surface area contributed by atoms with E-state index >= 15 is 0 Å². The Morgan fingerprint density at radius 3 is 2.21 bits per heavy atom. The van der Waals surface area contributed by atoms with E-state index in [-0.39, 0.29) is 5.82 Å². The number of halogens is 3. The van der Waals surface area contributed by atoms with Gasteiger partial charge in [0.1, 0.15) is 5.82 Å². The number of hydrogen-bond donors (Lipinski definition) is 1. The summed E-state index contributed by atoms with van der Waals surface area (Å²) in [7, 11) is 0. The molecule has 0 aliphatic rings. The van der Waals surface area contributed by atoms with Gasteiger partial charge in [-0.05, 0) is 49.2 Å². The third-order valence-electron chi connectivity index (χ3n) is 2.97. The molecule has 0 aliphatic heterocycles. The molecule has 0 heterocycles. The van der Waals surface area contributed by atoms with Gasteiger partial charge in [-0.25, -0.2) is 4.39 Å². The lowest BCUT2D eigenvalue weighted by atomic mass is 10.1. The minimum atomic E-state index is -0.200. The van der Waals surface area contributed by atoms with Gasteiger partial charge in [0.15, 0.2) is 0 Å². The Labute approximate surface area is 129 Å². The predicted octanol–water partition coefficient (Wildman–Crippen LogP) is 5.58. The zero-order valence-electron chi connectivity index (χ0n) is 10.7. The van der Waals surface area contributed by atoms with Crippen molar-refractivity contribution >= 4 is 37.5 Å². The Bertz CT molecular complexity index is 588. The van der Waals surface area contributed by atoms with Crippen molar-refractivity contribution in [2.45, 2.75) is 20.4 Å². The minimum absolute atomic E-state index is 0.200. The normalized spacial score (nSPS) is 10.6. The van der Waals surface area contributed by atoms with E-state index in [0.29, 0.717) is 12.1 Å². The highest BCUT2D eigenvalue weighted by Gasteiger charge is 2.06. The number of aryl methyl sites for hydroxylation is 2. The van der Waals surface area contributed by atoms with Gasteiger partial charge in [0.05, 0.1) is 0 Å². The summed E-state index contributed by atoms with van der Waals surface area (Å²) in [6.45, 7) is 4.55. The lowest BCUT2D eigenvalue weighted by Gasteiger charge is -2.14. The molecule has 0 saturated heterocycles. The second-order valence-electron chi connectivity index (χ2n) is 4.50. The topological polar surface area (TPSA) is 12.0 Å². The van der Waals surface area contributed by atoms with Crippen LogP contribution in [0.2, 0.25) is 0 Å². The molecule has 4 heteroatoms. The quantitative estimate of drug-likeness (QED) is 0.725. The number of benzene rings is 2. The van der Waals surface area contributed by atoms with Crippen LogP contribution in [-0.4, -0.2) is 0 Å². The van der Waals surface area contributed by atoms with E-state index in [1.807, 2.05) is 32.0 Å². The minimum Gasteiger partial charge on any atom is -0.380 e. The molecule has 1 nitrogen and oxygen atoms in total. The van der Waals surface area contributed by atoms with Gasteiger partial charge in [-0.1, -0.05) is 37.9 Å². The molecular formula is C15H14Br2FN. The molecule has 0 spiro atoms. The summed E-state index contributed by atoms with van der Waals surface area (Å²) in [5, 5.41) is 3.31. The molecule has 2 aromatic carbocycles. The van der Waals surface area contributed by atoms with Crippen LogP contribution in [0.4, 0.5) is 10.1 Å². The fourth-order valence-electron chi connectivity index (χ4n) is 2.04. The first-order chi connectivity index (χ1) is 8.97. The van der Waals surface area contributed by atoms with Gasteiger partial charge in [0.25, 0.3) is 0 Å². The van der Waals surface area contributed by atoms with Crippen molar-refractivity contribution in [3.63, 3.8) is 0 Å². The Kier molecular flexibility index (Phi) is 4.63. The summed E-state index contributed by atoms with van der Waals surface area (Å²) >= 11 is 6.73. The van der Waals surface area contributed by atoms with Crippen LogP contribution in [0.25, 0.3) is 0 Å². The van der Waals surface area contributed by atoms with E-state index < -0.39 is 0 Å². The summed E-state index contributed by atoms with van der Waals surface area (Å²) in [6, 6.07) is 9.22. The maximum absolute atomic E-state index is 13.7. The standard InChI is InChI=1S/C15H14Br2FN/c1-9-5-13(17)6-10(2)15(9)19-8-11-3-4-12(16)7-14(11)18/h3-7,19H,8H2,1-2H3. The van der Waals surface area contributed by atoms with Crippen LogP contribution in [0.1, 0.15) is 16.7 Å². The molecule has 0 aliphatic carbocycles. The highest BCUT2D eigenvalue weighted by atomic mass is 79.9. The monoisotopic (exact) mass is 385 g/mol. The molecule has 0 amide bonds. The van der Waals surface area contributed by atoms with Crippen molar-refractivity contribution in [3.8, 4) is 0 Å². The molecule has 0 saturated carbocycles. The molecule has 0 fully saturated rings. The molecule has 0 bridgehead atoms. The van der Waals surface area contributed by atoms with Crippen molar-refractivity contribution in [1.82, 2.24) is 0 Å². The van der Waals surface area contributed by atoms with Crippen LogP contribution in [0.15, 0.2) is 39.3 Å². The number of anilines is 1. The van der Waals surface area contributed by atoms with Crippen molar-refractivity contribution in [2.24, 2.45) is 0 Å². The molecule has 100 valence electrons. The Hall–Kier alpha value is -0.870. The van der Waals surface area contributed by atoms with Crippen LogP contribution in [0.3, 0.4) is 0 Å². The molecule has 0 radical (unpaired) electrons. The molecule has 2 rings (SSSR count). The first kappa shape index (κ1) is 14.5. The van der Waals surface area contributed by atoms with Gasteiger partial charge < -0.3 is 5.32 Å².